The molecular formula is C15H23NO3. The van der Waals surface area contributed by atoms with Gasteiger partial charge in [-0.15, -0.1) is 0 Å². The SMILES string of the molecule is CCCOc1ccc(OCC2(O)CCNCC2)cc1. The molecule has 4 heteroatoms. The van der Waals surface area contributed by atoms with Gasteiger partial charge in [-0.05, 0) is 56.6 Å². The summed E-state index contributed by atoms with van der Waals surface area (Å²) in [6.07, 6.45) is 2.48. The number of aliphatic hydroxyl groups is 1. The summed E-state index contributed by atoms with van der Waals surface area (Å²) in [6.45, 7) is 4.86. The minimum atomic E-state index is -0.692. The van der Waals surface area contributed by atoms with Crippen LogP contribution in [0.4, 0.5) is 0 Å². The molecule has 1 aliphatic rings. The van der Waals surface area contributed by atoms with Crippen LogP contribution in [-0.2, 0) is 0 Å². The molecule has 106 valence electrons. The number of benzene rings is 1. The monoisotopic (exact) mass is 265 g/mol. The van der Waals surface area contributed by atoms with E-state index in [2.05, 4.69) is 12.2 Å². The lowest BCUT2D eigenvalue weighted by molar-refractivity contribution is -0.0286. The van der Waals surface area contributed by atoms with E-state index in [1.165, 1.54) is 0 Å². The van der Waals surface area contributed by atoms with E-state index in [0.717, 1.165) is 50.5 Å². The van der Waals surface area contributed by atoms with Gasteiger partial charge in [0.2, 0.25) is 0 Å². The van der Waals surface area contributed by atoms with Gasteiger partial charge < -0.3 is 19.9 Å². The summed E-state index contributed by atoms with van der Waals surface area (Å²) in [5.74, 6) is 1.63. The summed E-state index contributed by atoms with van der Waals surface area (Å²) < 4.78 is 11.2. The van der Waals surface area contributed by atoms with Gasteiger partial charge in [0.1, 0.15) is 23.7 Å². The molecule has 1 aromatic carbocycles. The minimum absolute atomic E-state index is 0.351. The van der Waals surface area contributed by atoms with Crippen molar-refractivity contribution in [2.75, 3.05) is 26.3 Å². The predicted molar refractivity (Wildman–Crippen MR) is 74.8 cm³/mol. The predicted octanol–water partition coefficient (Wildman–Crippen LogP) is 1.97. The van der Waals surface area contributed by atoms with Gasteiger partial charge in [0.15, 0.2) is 0 Å². The Hall–Kier alpha value is -1.26. The van der Waals surface area contributed by atoms with E-state index in [0.29, 0.717) is 6.61 Å². The molecule has 1 heterocycles. The Morgan fingerprint density at radius 2 is 1.68 bits per heavy atom. The average molecular weight is 265 g/mol. The Bertz CT molecular complexity index is 371. The minimum Gasteiger partial charge on any atom is -0.494 e. The van der Waals surface area contributed by atoms with Crippen molar-refractivity contribution in [1.29, 1.82) is 0 Å². The summed E-state index contributed by atoms with van der Waals surface area (Å²) >= 11 is 0. The molecule has 0 aromatic heterocycles. The second-order valence-corrected chi connectivity index (χ2v) is 5.08. The van der Waals surface area contributed by atoms with E-state index in [4.69, 9.17) is 9.47 Å². The van der Waals surface area contributed by atoms with Gasteiger partial charge in [0, 0.05) is 0 Å². The van der Waals surface area contributed by atoms with Crippen molar-refractivity contribution in [2.24, 2.45) is 0 Å². The Balaban J connectivity index is 1.82. The zero-order valence-electron chi connectivity index (χ0n) is 11.5. The smallest absolute Gasteiger partial charge is 0.119 e. The summed E-state index contributed by atoms with van der Waals surface area (Å²) in [7, 11) is 0. The zero-order valence-corrected chi connectivity index (χ0v) is 11.5. The van der Waals surface area contributed by atoms with Crippen LogP contribution in [0.5, 0.6) is 11.5 Å². The van der Waals surface area contributed by atoms with Crippen LogP contribution in [0.3, 0.4) is 0 Å². The maximum absolute atomic E-state index is 10.3. The fraction of sp³-hybridized carbons (Fsp3) is 0.600. The first-order valence-electron chi connectivity index (χ1n) is 7.01. The highest BCUT2D eigenvalue weighted by Crippen LogP contribution is 2.22. The lowest BCUT2D eigenvalue weighted by atomic mass is 9.94. The van der Waals surface area contributed by atoms with E-state index in [1.807, 2.05) is 24.3 Å². The molecular weight excluding hydrogens is 242 g/mol. The topological polar surface area (TPSA) is 50.7 Å². The summed E-state index contributed by atoms with van der Waals surface area (Å²) in [5, 5.41) is 13.5. The van der Waals surface area contributed by atoms with Crippen LogP contribution in [0, 0.1) is 0 Å². The van der Waals surface area contributed by atoms with Crippen LogP contribution in [0.1, 0.15) is 26.2 Å². The number of rotatable bonds is 6. The molecule has 1 saturated heterocycles. The van der Waals surface area contributed by atoms with Gasteiger partial charge in [0.25, 0.3) is 0 Å². The van der Waals surface area contributed by atoms with Crippen molar-refractivity contribution in [3.63, 3.8) is 0 Å². The van der Waals surface area contributed by atoms with Gasteiger partial charge in [-0.2, -0.15) is 0 Å². The Morgan fingerprint density at radius 3 is 2.26 bits per heavy atom. The Morgan fingerprint density at radius 1 is 1.11 bits per heavy atom. The zero-order chi connectivity index (χ0) is 13.6. The van der Waals surface area contributed by atoms with Crippen LogP contribution in [0.2, 0.25) is 0 Å². The lowest BCUT2D eigenvalue weighted by Crippen LogP contribution is -2.45. The Kier molecular flexibility index (Phi) is 5.05. The molecule has 0 atom stereocenters. The molecule has 2 N–H and O–H groups in total. The summed E-state index contributed by atoms with van der Waals surface area (Å²) in [4.78, 5) is 0. The number of ether oxygens (including phenoxy) is 2. The molecule has 1 aliphatic heterocycles. The Labute approximate surface area is 114 Å². The summed E-state index contributed by atoms with van der Waals surface area (Å²) in [6, 6.07) is 7.57. The molecule has 0 amide bonds. The molecule has 0 saturated carbocycles. The molecule has 1 aromatic rings. The highest BCUT2D eigenvalue weighted by atomic mass is 16.5. The maximum Gasteiger partial charge on any atom is 0.119 e. The fourth-order valence-electron chi connectivity index (χ4n) is 2.11. The molecule has 2 rings (SSSR count). The molecule has 0 spiro atoms. The third kappa shape index (κ3) is 4.40. The van der Waals surface area contributed by atoms with Gasteiger partial charge in [-0.1, -0.05) is 6.92 Å². The first kappa shape index (κ1) is 14.2. The summed E-state index contributed by atoms with van der Waals surface area (Å²) in [5.41, 5.74) is -0.692. The van der Waals surface area contributed by atoms with Crippen molar-refractivity contribution >= 4 is 0 Å². The van der Waals surface area contributed by atoms with Crippen LogP contribution in [0.25, 0.3) is 0 Å². The van der Waals surface area contributed by atoms with Gasteiger partial charge in [-0.3, -0.25) is 0 Å². The molecule has 4 nitrogen and oxygen atoms in total. The van der Waals surface area contributed by atoms with Crippen molar-refractivity contribution in [1.82, 2.24) is 5.32 Å². The van der Waals surface area contributed by atoms with Crippen molar-refractivity contribution in [3.05, 3.63) is 24.3 Å². The molecule has 19 heavy (non-hydrogen) atoms. The molecule has 0 unspecified atom stereocenters. The molecule has 0 aliphatic carbocycles. The van der Waals surface area contributed by atoms with E-state index in [9.17, 15) is 5.11 Å². The van der Waals surface area contributed by atoms with E-state index in [-0.39, 0.29) is 0 Å². The second-order valence-electron chi connectivity index (χ2n) is 5.08. The average Bonchev–Trinajstić information content (AvgIpc) is 2.45. The second kappa shape index (κ2) is 6.78. The number of hydrogen-bond acceptors (Lipinski definition) is 4. The standard InChI is InChI=1S/C15H23NO3/c1-2-11-18-13-3-5-14(6-4-13)19-12-15(17)7-9-16-10-8-15/h3-6,16-17H,2,7-12H2,1H3. The number of piperidine rings is 1. The van der Waals surface area contributed by atoms with Crippen molar-refractivity contribution in [2.45, 2.75) is 31.8 Å². The van der Waals surface area contributed by atoms with E-state index < -0.39 is 5.60 Å². The van der Waals surface area contributed by atoms with Gasteiger partial charge in [0.05, 0.1) is 6.61 Å². The maximum atomic E-state index is 10.3. The van der Waals surface area contributed by atoms with Crippen LogP contribution < -0.4 is 14.8 Å². The third-order valence-electron chi connectivity index (χ3n) is 3.34. The van der Waals surface area contributed by atoms with Crippen LogP contribution in [-0.4, -0.2) is 37.0 Å². The molecule has 1 fully saturated rings. The van der Waals surface area contributed by atoms with Crippen LogP contribution >= 0.6 is 0 Å². The number of nitrogens with one attached hydrogen (secondary N) is 1. The largest absolute Gasteiger partial charge is 0.494 e. The third-order valence-corrected chi connectivity index (χ3v) is 3.34. The normalized spacial score (nSPS) is 18.0. The number of hydrogen-bond donors (Lipinski definition) is 2. The highest BCUT2D eigenvalue weighted by Gasteiger charge is 2.29. The molecule has 0 bridgehead atoms. The first-order valence-corrected chi connectivity index (χ1v) is 7.01. The van der Waals surface area contributed by atoms with E-state index in [1.54, 1.807) is 0 Å². The van der Waals surface area contributed by atoms with Crippen molar-refractivity contribution in [3.8, 4) is 11.5 Å². The van der Waals surface area contributed by atoms with E-state index >= 15 is 0 Å². The lowest BCUT2D eigenvalue weighted by Gasteiger charge is -2.32. The first-order chi connectivity index (χ1) is 9.22. The highest BCUT2D eigenvalue weighted by molar-refractivity contribution is 5.31. The van der Waals surface area contributed by atoms with Gasteiger partial charge >= 0.3 is 0 Å². The van der Waals surface area contributed by atoms with Gasteiger partial charge in [-0.25, -0.2) is 0 Å². The quantitative estimate of drug-likeness (QED) is 0.825. The van der Waals surface area contributed by atoms with Crippen LogP contribution in [0.15, 0.2) is 24.3 Å². The van der Waals surface area contributed by atoms with Crippen molar-refractivity contribution < 1.29 is 14.6 Å². The fourth-order valence-corrected chi connectivity index (χ4v) is 2.11. The molecule has 0 radical (unpaired) electrons.